The van der Waals surface area contributed by atoms with E-state index in [1.165, 1.54) is 5.01 Å². The van der Waals surface area contributed by atoms with Gasteiger partial charge in [0.1, 0.15) is 5.71 Å². The Morgan fingerprint density at radius 3 is 2.83 bits per heavy atom. The number of rotatable bonds is 5. The topological polar surface area (TPSA) is 114 Å². The molecule has 2 aliphatic rings. The van der Waals surface area contributed by atoms with E-state index < -0.39 is 15.9 Å². The number of amides is 2. The molecule has 10 heteroatoms. The van der Waals surface area contributed by atoms with E-state index in [4.69, 9.17) is 0 Å². The average Bonchev–Trinajstić information content (AvgIpc) is 3.31. The minimum atomic E-state index is -3.15. The largest absolute Gasteiger partial charge is 0.321 e. The first-order valence-corrected chi connectivity index (χ1v) is 11.2. The lowest BCUT2D eigenvalue weighted by Crippen LogP contribution is -2.42. The minimum Gasteiger partial charge on any atom is -0.321 e. The fourth-order valence-corrected chi connectivity index (χ4v) is 5.21. The third kappa shape index (κ3) is 4.53. The molecule has 152 valence electrons. The quantitative estimate of drug-likeness (QED) is 0.784. The van der Waals surface area contributed by atoms with Gasteiger partial charge in [-0.1, -0.05) is 12.1 Å². The van der Waals surface area contributed by atoms with Crippen LogP contribution in [-0.2, 0) is 26.0 Å². The summed E-state index contributed by atoms with van der Waals surface area (Å²) in [7, 11) is -3.15. The lowest BCUT2D eigenvalue weighted by Gasteiger charge is -2.27. The molecule has 1 N–H and O–H groups in total. The maximum Gasteiger partial charge on any atom is 0.271 e. The monoisotopic (exact) mass is 415 g/mol. The van der Waals surface area contributed by atoms with Crippen LogP contribution in [0.4, 0.5) is 5.69 Å². The van der Waals surface area contributed by atoms with Crippen molar-refractivity contribution < 1.29 is 18.0 Å². The van der Waals surface area contributed by atoms with Crippen LogP contribution < -0.4 is 5.32 Å². The molecular weight excluding hydrogens is 394 g/mol. The number of hydrogen-bond donors (Lipinski definition) is 1. The Balaban J connectivity index is 1.46. The molecule has 4 rings (SSSR count). The molecule has 0 radical (unpaired) electrons. The zero-order valence-corrected chi connectivity index (χ0v) is 16.5. The molecular formula is C19H21N5O4S. The summed E-state index contributed by atoms with van der Waals surface area (Å²) in [6.07, 6.45) is 4.28. The molecule has 0 spiro atoms. The highest BCUT2D eigenvalue weighted by atomic mass is 32.2. The molecule has 9 nitrogen and oxygen atoms in total. The number of benzene rings is 1. The van der Waals surface area contributed by atoms with Gasteiger partial charge >= 0.3 is 0 Å². The van der Waals surface area contributed by atoms with Crippen LogP contribution >= 0.6 is 0 Å². The van der Waals surface area contributed by atoms with Crippen LogP contribution in [0.5, 0.6) is 0 Å². The van der Waals surface area contributed by atoms with E-state index >= 15 is 0 Å². The second-order valence-corrected chi connectivity index (χ2v) is 9.43. The number of sulfone groups is 1. The Labute approximate surface area is 168 Å². The zero-order valence-electron chi connectivity index (χ0n) is 15.7. The van der Waals surface area contributed by atoms with Gasteiger partial charge in [0, 0.05) is 30.9 Å². The molecule has 1 atom stereocenters. The highest BCUT2D eigenvalue weighted by Gasteiger charge is 2.37. The molecule has 1 unspecified atom stereocenters. The predicted octanol–water partition coefficient (Wildman–Crippen LogP) is 1.04. The third-order valence-electron chi connectivity index (χ3n) is 4.96. The van der Waals surface area contributed by atoms with E-state index in [1.54, 1.807) is 16.9 Å². The van der Waals surface area contributed by atoms with Crippen LogP contribution in [0.1, 0.15) is 24.8 Å². The van der Waals surface area contributed by atoms with Crippen LogP contribution in [0.2, 0.25) is 0 Å². The molecule has 0 bridgehead atoms. The SMILES string of the molecule is O=C(Nc1cccc(Cn2cccn2)c1)C1=NN(C2CCS(=O)(=O)C2)C(=O)CC1. The van der Waals surface area contributed by atoms with Gasteiger partial charge in [-0.3, -0.25) is 14.3 Å². The standard InChI is InChI=1S/C19H21N5O4S/c25-18-6-5-17(22-24(18)16-7-10-29(27,28)13-16)19(26)21-15-4-1-3-14(11-15)12-23-9-2-8-20-23/h1-4,8-9,11,16H,5-7,10,12-13H2,(H,21,26). The van der Waals surface area contributed by atoms with Crippen molar-refractivity contribution in [2.45, 2.75) is 31.8 Å². The Morgan fingerprint density at radius 1 is 1.24 bits per heavy atom. The first-order chi connectivity index (χ1) is 13.9. The van der Waals surface area contributed by atoms with Gasteiger partial charge in [-0.05, 0) is 30.2 Å². The summed E-state index contributed by atoms with van der Waals surface area (Å²) in [5.74, 6) is -0.696. The average molecular weight is 415 g/mol. The van der Waals surface area contributed by atoms with E-state index in [9.17, 15) is 18.0 Å². The van der Waals surface area contributed by atoms with Crippen LogP contribution in [0.15, 0.2) is 47.8 Å². The van der Waals surface area contributed by atoms with E-state index in [0.29, 0.717) is 18.7 Å². The normalized spacial score (nSPS) is 21.1. The van der Waals surface area contributed by atoms with Gasteiger partial charge in [0.2, 0.25) is 5.91 Å². The van der Waals surface area contributed by atoms with E-state index in [-0.39, 0.29) is 41.9 Å². The number of aromatic nitrogens is 2. The molecule has 1 fully saturated rings. The smallest absolute Gasteiger partial charge is 0.271 e. The molecule has 3 heterocycles. The van der Waals surface area contributed by atoms with Gasteiger partial charge in [-0.15, -0.1) is 0 Å². The summed E-state index contributed by atoms with van der Waals surface area (Å²) >= 11 is 0. The maximum atomic E-state index is 12.7. The number of nitrogens with zero attached hydrogens (tertiary/aromatic N) is 4. The number of carbonyl (C=O) groups excluding carboxylic acids is 2. The molecule has 0 saturated carbocycles. The molecule has 1 aromatic carbocycles. The van der Waals surface area contributed by atoms with Crippen molar-refractivity contribution in [2.24, 2.45) is 5.10 Å². The maximum absolute atomic E-state index is 12.7. The zero-order chi connectivity index (χ0) is 20.4. The van der Waals surface area contributed by atoms with Gasteiger partial charge in [0.25, 0.3) is 5.91 Å². The van der Waals surface area contributed by atoms with Crippen LogP contribution in [0.3, 0.4) is 0 Å². The van der Waals surface area contributed by atoms with E-state index in [0.717, 1.165) is 5.56 Å². The molecule has 1 aromatic heterocycles. The highest BCUT2D eigenvalue weighted by Crippen LogP contribution is 2.22. The van der Waals surface area contributed by atoms with E-state index in [2.05, 4.69) is 15.5 Å². The fraction of sp³-hybridized carbons (Fsp3) is 0.368. The van der Waals surface area contributed by atoms with Crippen molar-refractivity contribution in [3.05, 3.63) is 48.3 Å². The summed E-state index contributed by atoms with van der Waals surface area (Å²) in [4.78, 5) is 24.9. The summed E-state index contributed by atoms with van der Waals surface area (Å²) in [6, 6.07) is 8.77. The lowest BCUT2D eigenvalue weighted by molar-refractivity contribution is -0.133. The van der Waals surface area contributed by atoms with Crippen molar-refractivity contribution in [1.82, 2.24) is 14.8 Å². The molecule has 0 aliphatic carbocycles. The number of nitrogens with one attached hydrogen (secondary N) is 1. The number of anilines is 1. The summed E-state index contributed by atoms with van der Waals surface area (Å²) < 4.78 is 25.2. The molecule has 2 aromatic rings. The Kier molecular flexibility index (Phi) is 5.18. The van der Waals surface area contributed by atoms with E-state index in [1.807, 2.05) is 30.5 Å². The number of hydrogen-bond acceptors (Lipinski definition) is 6. The van der Waals surface area contributed by atoms with Crippen LogP contribution in [0, 0.1) is 0 Å². The Bertz CT molecular complexity index is 1060. The summed E-state index contributed by atoms with van der Waals surface area (Å²) in [6.45, 7) is 0.579. The van der Waals surface area contributed by atoms with Gasteiger partial charge in [0.05, 0.1) is 24.1 Å². The predicted molar refractivity (Wildman–Crippen MR) is 107 cm³/mol. The van der Waals surface area contributed by atoms with Crippen molar-refractivity contribution in [3.8, 4) is 0 Å². The molecule has 1 saturated heterocycles. The Morgan fingerprint density at radius 2 is 2.10 bits per heavy atom. The van der Waals surface area contributed by atoms with Crippen molar-refractivity contribution in [1.29, 1.82) is 0 Å². The van der Waals surface area contributed by atoms with Crippen LogP contribution in [0.25, 0.3) is 0 Å². The van der Waals surface area contributed by atoms with Gasteiger partial charge in [-0.25, -0.2) is 13.4 Å². The summed E-state index contributed by atoms with van der Waals surface area (Å²) in [5, 5.41) is 12.4. The minimum absolute atomic E-state index is 0.0432. The molecule has 2 aliphatic heterocycles. The lowest BCUT2D eigenvalue weighted by atomic mass is 10.1. The van der Waals surface area contributed by atoms with Gasteiger partial charge < -0.3 is 5.32 Å². The van der Waals surface area contributed by atoms with Crippen LogP contribution in [-0.4, -0.2) is 58.3 Å². The van der Waals surface area contributed by atoms with Gasteiger partial charge in [-0.2, -0.15) is 10.2 Å². The van der Waals surface area contributed by atoms with Crippen molar-refractivity contribution in [3.63, 3.8) is 0 Å². The van der Waals surface area contributed by atoms with Crippen molar-refractivity contribution in [2.75, 3.05) is 16.8 Å². The Hall–Kier alpha value is -3.01. The number of carbonyl (C=O) groups is 2. The van der Waals surface area contributed by atoms with Gasteiger partial charge in [0.15, 0.2) is 9.84 Å². The second kappa shape index (κ2) is 7.78. The number of hydrazone groups is 1. The fourth-order valence-electron chi connectivity index (χ4n) is 3.52. The summed E-state index contributed by atoms with van der Waals surface area (Å²) in [5.41, 5.74) is 1.82. The first-order valence-electron chi connectivity index (χ1n) is 9.37. The first kappa shape index (κ1) is 19.3. The third-order valence-corrected chi connectivity index (χ3v) is 6.71. The van der Waals surface area contributed by atoms with Crippen molar-refractivity contribution >= 4 is 33.1 Å². The second-order valence-electron chi connectivity index (χ2n) is 7.20. The molecule has 2 amide bonds. The molecule has 29 heavy (non-hydrogen) atoms. The highest BCUT2D eigenvalue weighted by molar-refractivity contribution is 7.91.